The third-order valence-electron chi connectivity index (χ3n) is 4.00. The average molecular weight is 262 g/mol. The van der Waals surface area contributed by atoms with Crippen LogP contribution in [0.15, 0.2) is 24.3 Å². The minimum Gasteiger partial charge on any atom is -0.496 e. The predicted molar refractivity (Wildman–Crippen MR) is 79.6 cm³/mol. The van der Waals surface area contributed by atoms with E-state index in [9.17, 15) is 0 Å². The lowest BCUT2D eigenvalue weighted by Gasteiger charge is -2.49. The molecule has 3 nitrogen and oxygen atoms in total. The molecule has 3 heteroatoms. The predicted octanol–water partition coefficient (Wildman–Crippen LogP) is 2.66. The summed E-state index contributed by atoms with van der Waals surface area (Å²) in [7, 11) is 1.74. The van der Waals surface area contributed by atoms with Crippen molar-refractivity contribution < 1.29 is 4.74 Å². The van der Waals surface area contributed by atoms with Crippen molar-refractivity contribution in [2.45, 2.75) is 45.3 Å². The first-order valence-corrected chi connectivity index (χ1v) is 6.96. The third-order valence-corrected chi connectivity index (χ3v) is 4.00. The number of methoxy groups -OCH3 is 1. The summed E-state index contributed by atoms with van der Waals surface area (Å²) in [5.74, 6) is 0.981. The van der Waals surface area contributed by atoms with E-state index >= 15 is 0 Å². The van der Waals surface area contributed by atoms with Crippen molar-refractivity contribution >= 4 is 0 Å². The summed E-state index contributed by atoms with van der Waals surface area (Å²) in [4.78, 5) is 2.54. The fourth-order valence-electron chi connectivity index (χ4n) is 2.62. The van der Waals surface area contributed by atoms with Crippen LogP contribution in [0.25, 0.3) is 0 Å². The summed E-state index contributed by atoms with van der Waals surface area (Å²) in [6, 6.07) is 8.30. The first-order valence-electron chi connectivity index (χ1n) is 6.96. The molecule has 1 N–H and O–H groups in total. The van der Waals surface area contributed by atoms with E-state index in [1.807, 2.05) is 12.1 Å². The number of piperazine rings is 1. The number of hydrogen-bond acceptors (Lipinski definition) is 3. The lowest BCUT2D eigenvalue weighted by molar-refractivity contribution is 0.0318. The Labute approximate surface area is 116 Å². The molecule has 19 heavy (non-hydrogen) atoms. The number of hydrogen-bond donors (Lipinski definition) is 1. The van der Waals surface area contributed by atoms with Gasteiger partial charge < -0.3 is 10.1 Å². The zero-order chi connectivity index (χ0) is 14.1. The van der Waals surface area contributed by atoms with Gasteiger partial charge >= 0.3 is 0 Å². The van der Waals surface area contributed by atoms with Crippen LogP contribution in [-0.2, 0) is 6.54 Å². The molecule has 1 aromatic carbocycles. The number of ether oxygens (including phenoxy) is 1. The monoisotopic (exact) mass is 262 g/mol. The van der Waals surface area contributed by atoms with Crippen molar-refractivity contribution in [3.63, 3.8) is 0 Å². The molecule has 0 atom stereocenters. The Morgan fingerprint density at radius 1 is 1.21 bits per heavy atom. The maximum atomic E-state index is 5.46. The molecule has 2 rings (SSSR count). The van der Waals surface area contributed by atoms with E-state index in [1.165, 1.54) is 5.56 Å². The van der Waals surface area contributed by atoms with Crippen LogP contribution in [0.1, 0.15) is 33.3 Å². The van der Waals surface area contributed by atoms with Crippen molar-refractivity contribution in [3.05, 3.63) is 29.8 Å². The second kappa shape index (κ2) is 5.14. The molecule has 0 amide bonds. The molecule has 1 saturated heterocycles. The lowest BCUT2D eigenvalue weighted by Crippen LogP contribution is -2.65. The van der Waals surface area contributed by atoms with Crippen molar-refractivity contribution in [2.75, 3.05) is 20.2 Å². The van der Waals surface area contributed by atoms with Crippen LogP contribution in [-0.4, -0.2) is 36.2 Å². The van der Waals surface area contributed by atoms with Crippen LogP contribution >= 0.6 is 0 Å². The highest BCUT2D eigenvalue weighted by Gasteiger charge is 2.37. The van der Waals surface area contributed by atoms with E-state index < -0.39 is 0 Å². The number of para-hydroxylation sites is 1. The Bertz CT molecular complexity index is 440. The lowest BCUT2D eigenvalue weighted by atomic mass is 9.91. The molecule has 106 valence electrons. The molecule has 0 radical (unpaired) electrons. The van der Waals surface area contributed by atoms with E-state index in [0.29, 0.717) is 0 Å². The first-order chi connectivity index (χ1) is 8.84. The molecule has 1 aliphatic rings. The van der Waals surface area contributed by atoms with Crippen LogP contribution in [0.3, 0.4) is 0 Å². The highest BCUT2D eigenvalue weighted by Crippen LogP contribution is 2.28. The van der Waals surface area contributed by atoms with Crippen molar-refractivity contribution in [1.82, 2.24) is 10.2 Å². The van der Waals surface area contributed by atoms with Gasteiger partial charge in [0.25, 0.3) is 0 Å². The second-order valence-corrected chi connectivity index (χ2v) is 6.72. The maximum absolute atomic E-state index is 5.46. The number of benzene rings is 1. The maximum Gasteiger partial charge on any atom is 0.123 e. The van der Waals surface area contributed by atoms with Gasteiger partial charge in [-0.25, -0.2) is 0 Å². The quantitative estimate of drug-likeness (QED) is 0.906. The molecule has 0 spiro atoms. The molecule has 1 fully saturated rings. The van der Waals surface area contributed by atoms with E-state index in [4.69, 9.17) is 4.74 Å². The number of nitrogens with one attached hydrogen (secondary N) is 1. The van der Waals surface area contributed by atoms with Crippen LogP contribution < -0.4 is 10.1 Å². The summed E-state index contributed by atoms with van der Waals surface area (Å²) in [6.07, 6.45) is 0. The molecule has 1 aliphatic heterocycles. The fourth-order valence-corrected chi connectivity index (χ4v) is 2.62. The van der Waals surface area contributed by atoms with E-state index in [2.05, 4.69) is 50.0 Å². The van der Waals surface area contributed by atoms with Crippen molar-refractivity contribution in [2.24, 2.45) is 0 Å². The largest absolute Gasteiger partial charge is 0.496 e. The molecule has 0 unspecified atom stereocenters. The second-order valence-electron chi connectivity index (χ2n) is 6.72. The van der Waals surface area contributed by atoms with Gasteiger partial charge in [-0.05, 0) is 33.8 Å². The Kier molecular flexibility index (Phi) is 3.88. The van der Waals surface area contributed by atoms with Crippen LogP contribution in [0, 0.1) is 0 Å². The molecular formula is C16H26N2O. The normalized spacial score (nSPS) is 22.2. The van der Waals surface area contributed by atoms with E-state index in [0.717, 1.165) is 25.4 Å². The highest BCUT2D eigenvalue weighted by molar-refractivity contribution is 5.33. The zero-order valence-corrected chi connectivity index (χ0v) is 12.8. The Balaban J connectivity index is 2.20. The Morgan fingerprint density at radius 2 is 1.89 bits per heavy atom. The number of nitrogens with zero attached hydrogens (tertiary/aromatic N) is 1. The molecule has 1 heterocycles. The van der Waals surface area contributed by atoms with Gasteiger partial charge in [-0.3, -0.25) is 4.90 Å². The summed E-state index contributed by atoms with van der Waals surface area (Å²) in [5.41, 5.74) is 1.59. The van der Waals surface area contributed by atoms with Gasteiger partial charge in [0.1, 0.15) is 5.75 Å². The molecule has 0 bridgehead atoms. The van der Waals surface area contributed by atoms with Gasteiger partial charge in [-0.2, -0.15) is 0 Å². The van der Waals surface area contributed by atoms with Crippen LogP contribution in [0.5, 0.6) is 5.75 Å². The first kappa shape index (κ1) is 14.4. The molecule has 0 aromatic heterocycles. The highest BCUT2D eigenvalue weighted by atomic mass is 16.5. The fraction of sp³-hybridized carbons (Fsp3) is 0.625. The standard InChI is InChI=1S/C16H26N2O/c1-15(2)12-18(16(3,4)11-17-15)10-13-8-6-7-9-14(13)19-5/h6-9,17H,10-12H2,1-5H3. The molecule has 0 aliphatic carbocycles. The van der Waals surface area contributed by atoms with Gasteiger partial charge in [0.15, 0.2) is 0 Å². The third kappa shape index (κ3) is 3.28. The van der Waals surface area contributed by atoms with Gasteiger partial charge in [0.05, 0.1) is 7.11 Å². The smallest absolute Gasteiger partial charge is 0.123 e. The topological polar surface area (TPSA) is 24.5 Å². The zero-order valence-electron chi connectivity index (χ0n) is 12.8. The SMILES string of the molecule is COc1ccccc1CN1CC(C)(C)NCC1(C)C. The van der Waals surface area contributed by atoms with Crippen LogP contribution in [0.2, 0.25) is 0 Å². The Hall–Kier alpha value is -1.06. The summed E-state index contributed by atoms with van der Waals surface area (Å²) in [6.45, 7) is 12.1. The van der Waals surface area contributed by atoms with Crippen molar-refractivity contribution in [3.8, 4) is 5.75 Å². The van der Waals surface area contributed by atoms with E-state index in [-0.39, 0.29) is 11.1 Å². The molecule has 1 aromatic rings. The molecule has 0 saturated carbocycles. The van der Waals surface area contributed by atoms with Gasteiger partial charge in [-0.1, -0.05) is 18.2 Å². The summed E-state index contributed by atoms with van der Waals surface area (Å²) in [5, 5.41) is 3.62. The summed E-state index contributed by atoms with van der Waals surface area (Å²) < 4.78 is 5.46. The van der Waals surface area contributed by atoms with E-state index in [1.54, 1.807) is 7.11 Å². The van der Waals surface area contributed by atoms with Gasteiger partial charge in [-0.15, -0.1) is 0 Å². The number of rotatable bonds is 3. The van der Waals surface area contributed by atoms with Gasteiger partial charge in [0.2, 0.25) is 0 Å². The minimum absolute atomic E-state index is 0.163. The Morgan fingerprint density at radius 3 is 2.58 bits per heavy atom. The van der Waals surface area contributed by atoms with Gasteiger partial charge in [0, 0.05) is 36.3 Å². The van der Waals surface area contributed by atoms with Crippen LogP contribution in [0.4, 0.5) is 0 Å². The van der Waals surface area contributed by atoms with Crippen molar-refractivity contribution in [1.29, 1.82) is 0 Å². The summed E-state index contributed by atoms with van der Waals surface area (Å²) >= 11 is 0. The molecular weight excluding hydrogens is 236 g/mol. The minimum atomic E-state index is 0.163. The average Bonchev–Trinajstić information content (AvgIpc) is 2.35.